The van der Waals surface area contributed by atoms with Crippen molar-refractivity contribution >= 4 is 11.8 Å². The molecule has 126 valence electrons. The number of esters is 1. The molecule has 0 unspecified atom stereocenters. The molecule has 0 amide bonds. The van der Waals surface area contributed by atoms with Gasteiger partial charge in [-0.2, -0.15) is 0 Å². The number of methoxy groups -OCH3 is 1. The molecule has 2 aromatic rings. The summed E-state index contributed by atoms with van der Waals surface area (Å²) in [5.41, 5.74) is 3.04. The summed E-state index contributed by atoms with van der Waals surface area (Å²) in [6.45, 7) is 2.27. The van der Waals surface area contributed by atoms with E-state index in [1.165, 1.54) is 5.56 Å². The Balaban J connectivity index is 1.93. The van der Waals surface area contributed by atoms with Crippen LogP contribution in [0.5, 0.6) is 0 Å². The number of Topliss-reactive ketones (excluding diaryl/α,β-unsaturated/α-hetero) is 1. The smallest absolute Gasteiger partial charge is 0.338 e. The van der Waals surface area contributed by atoms with Crippen molar-refractivity contribution in [1.82, 2.24) is 0 Å². The SMILES string of the molecule is CCCc1ccc(C(=O)COC(=O)c2cccc(COC)c2)cc1. The maximum Gasteiger partial charge on any atom is 0.338 e. The second-order valence-electron chi connectivity index (χ2n) is 5.58. The van der Waals surface area contributed by atoms with Crippen LogP contribution in [0.4, 0.5) is 0 Å². The summed E-state index contributed by atoms with van der Waals surface area (Å²) in [5, 5.41) is 0. The van der Waals surface area contributed by atoms with Gasteiger partial charge in [0.25, 0.3) is 0 Å². The first-order chi connectivity index (χ1) is 11.6. The number of hydrogen-bond donors (Lipinski definition) is 0. The van der Waals surface area contributed by atoms with Crippen molar-refractivity contribution in [2.24, 2.45) is 0 Å². The maximum absolute atomic E-state index is 12.1. The lowest BCUT2D eigenvalue weighted by Gasteiger charge is -2.07. The summed E-state index contributed by atoms with van der Waals surface area (Å²) in [5.74, 6) is -0.719. The minimum atomic E-state index is -0.510. The summed E-state index contributed by atoms with van der Waals surface area (Å²) in [7, 11) is 1.59. The van der Waals surface area contributed by atoms with Gasteiger partial charge in [0.15, 0.2) is 12.4 Å². The van der Waals surface area contributed by atoms with Gasteiger partial charge in [-0.05, 0) is 29.7 Å². The summed E-state index contributed by atoms with van der Waals surface area (Å²) in [6, 6.07) is 14.4. The van der Waals surface area contributed by atoms with Crippen molar-refractivity contribution in [3.63, 3.8) is 0 Å². The van der Waals surface area contributed by atoms with Gasteiger partial charge in [0.05, 0.1) is 12.2 Å². The third kappa shape index (κ3) is 5.03. The molecule has 0 radical (unpaired) electrons. The molecule has 0 aliphatic rings. The third-order valence-corrected chi connectivity index (χ3v) is 3.62. The molecule has 0 aliphatic heterocycles. The molecular formula is C20H22O4. The highest BCUT2D eigenvalue weighted by Crippen LogP contribution is 2.10. The van der Waals surface area contributed by atoms with Gasteiger partial charge in [0, 0.05) is 12.7 Å². The van der Waals surface area contributed by atoms with E-state index in [0.717, 1.165) is 18.4 Å². The highest BCUT2D eigenvalue weighted by atomic mass is 16.5. The van der Waals surface area contributed by atoms with E-state index in [0.29, 0.717) is 17.7 Å². The fourth-order valence-corrected chi connectivity index (χ4v) is 2.40. The van der Waals surface area contributed by atoms with Crippen molar-refractivity contribution < 1.29 is 19.1 Å². The van der Waals surface area contributed by atoms with E-state index in [-0.39, 0.29) is 12.4 Å². The van der Waals surface area contributed by atoms with E-state index in [2.05, 4.69) is 6.92 Å². The molecule has 0 saturated heterocycles. The Morgan fingerprint density at radius 3 is 2.38 bits per heavy atom. The molecule has 0 saturated carbocycles. The summed E-state index contributed by atoms with van der Waals surface area (Å²) < 4.78 is 10.2. The van der Waals surface area contributed by atoms with Crippen LogP contribution in [0.25, 0.3) is 0 Å². The van der Waals surface area contributed by atoms with E-state index < -0.39 is 5.97 Å². The zero-order valence-electron chi connectivity index (χ0n) is 14.1. The van der Waals surface area contributed by atoms with Gasteiger partial charge >= 0.3 is 5.97 Å². The lowest BCUT2D eigenvalue weighted by molar-refractivity contribution is 0.0474. The first-order valence-electron chi connectivity index (χ1n) is 8.01. The van der Waals surface area contributed by atoms with Crippen molar-refractivity contribution in [3.8, 4) is 0 Å². The number of aryl methyl sites for hydroxylation is 1. The molecule has 0 heterocycles. The van der Waals surface area contributed by atoms with Crippen LogP contribution in [-0.2, 0) is 22.5 Å². The molecule has 4 heteroatoms. The topological polar surface area (TPSA) is 52.6 Å². The van der Waals surface area contributed by atoms with Crippen LogP contribution >= 0.6 is 0 Å². The molecule has 0 bridgehead atoms. The minimum absolute atomic E-state index is 0.209. The predicted octanol–water partition coefficient (Wildman–Crippen LogP) is 3.83. The van der Waals surface area contributed by atoms with Gasteiger partial charge in [0.2, 0.25) is 0 Å². The Bertz CT molecular complexity index is 689. The van der Waals surface area contributed by atoms with Crippen molar-refractivity contribution in [1.29, 1.82) is 0 Å². The van der Waals surface area contributed by atoms with Crippen LogP contribution in [0, 0.1) is 0 Å². The van der Waals surface area contributed by atoms with E-state index in [9.17, 15) is 9.59 Å². The minimum Gasteiger partial charge on any atom is -0.454 e. The van der Waals surface area contributed by atoms with Gasteiger partial charge in [-0.25, -0.2) is 4.79 Å². The molecule has 0 N–H and O–H groups in total. The highest BCUT2D eigenvalue weighted by Gasteiger charge is 2.12. The number of rotatable bonds is 8. The van der Waals surface area contributed by atoms with E-state index in [4.69, 9.17) is 9.47 Å². The average molecular weight is 326 g/mol. The molecule has 0 aliphatic carbocycles. The Hall–Kier alpha value is -2.46. The Morgan fingerprint density at radius 1 is 0.958 bits per heavy atom. The monoisotopic (exact) mass is 326 g/mol. The quantitative estimate of drug-likeness (QED) is 0.546. The van der Waals surface area contributed by atoms with Crippen LogP contribution in [0.3, 0.4) is 0 Å². The molecule has 24 heavy (non-hydrogen) atoms. The lowest BCUT2D eigenvalue weighted by atomic mass is 10.1. The van der Waals surface area contributed by atoms with Gasteiger partial charge in [-0.15, -0.1) is 0 Å². The molecule has 2 aromatic carbocycles. The summed E-state index contributed by atoms with van der Waals surface area (Å²) in [6.07, 6.45) is 2.05. The van der Waals surface area contributed by atoms with Gasteiger partial charge in [0.1, 0.15) is 0 Å². The molecule has 2 rings (SSSR count). The molecule has 0 atom stereocenters. The fourth-order valence-electron chi connectivity index (χ4n) is 2.40. The summed E-state index contributed by atoms with van der Waals surface area (Å²) in [4.78, 5) is 24.2. The maximum atomic E-state index is 12.1. The van der Waals surface area contributed by atoms with Gasteiger partial charge < -0.3 is 9.47 Å². The number of ketones is 1. The van der Waals surface area contributed by atoms with E-state index >= 15 is 0 Å². The Kier molecular flexibility index (Phi) is 6.70. The van der Waals surface area contributed by atoms with Crippen LogP contribution < -0.4 is 0 Å². The molecule has 0 aromatic heterocycles. The van der Waals surface area contributed by atoms with Gasteiger partial charge in [-0.3, -0.25) is 4.79 Å². The molecular weight excluding hydrogens is 304 g/mol. The normalized spacial score (nSPS) is 10.4. The van der Waals surface area contributed by atoms with Crippen LogP contribution in [0.15, 0.2) is 48.5 Å². The largest absolute Gasteiger partial charge is 0.454 e. The van der Waals surface area contributed by atoms with Crippen molar-refractivity contribution in [2.75, 3.05) is 13.7 Å². The Morgan fingerprint density at radius 2 is 1.71 bits per heavy atom. The van der Waals surface area contributed by atoms with Crippen LogP contribution in [0.2, 0.25) is 0 Å². The number of hydrogen-bond acceptors (Lipinski definition) is 4. The van der Waals surface area contributed by atoms with Crippen LogP contribution in [-0.4, -0.2) is 25.5 Å². The van der Waals surface area contributed by atoms with E-state index in [1.807, 2.05) is 18.2 Å². The first-order valence-corrected chi connectivity index (χ1v) is 8.01. The number of carbonyl (C=O) groups is 2. The lowest BCUT2D eigenvalue weighted by Crippen LogP contribution is -2.14. The standard InChI is InChI=1S/C20H22O4/c1-3-5-15-8-10-17(11-9-15)19(21)14-24-20(22)18-7-4-6-16(12-18)13-23-2/h4,6-12H,3,5,13-14H2,1-2H3. The number of carbonyl (C=O) groups excluding carboxylic acids is 2. The third-order valence-electron chi connectivity index (χ3n) is 3.62. The second kappa shape index (κ2) is 8.99. The summed E-state index contributed by atoms with van der Waals surface area (Å²) >= 11 is 0. The second-order valence-corrected chi connectivity index (χ2v) is 5.58. The first kappa shape index (κ1) is 17.9. The Labute approximate surface area is 142 Å². The predicted molar refractivity (Wildman–Crippen MR) is 92.2 cm³/mol. The zero-order chi connectivity index (χ0) is 17.4. The number of benzene rings is 2. The molecule has 4 nitrogen and oxygen atoms in total. The van der Waals surface area contributed by atoms with Crippen molar-refractivity contribution in [2.45, 2.75) is 26.4 Å². The van der Waals surface area contributed by atoms with Crippen molar-refractivity contribution in [3.05, 3.63) is 70.8 Å². The van der Waals surface area contributed by atoms with Crippen LogP contribution in [0.1, 0.15) is 45.2 Å². The average Bonchev–Trinajstić information content (AvgIpc) is 2.61. The van der Waals surface area contributed by atoms with Gasteiger partial charge in [-0.1, -0.05) is 49.7 Å². The highest BCUT2D eigenvalue weighted by molar-refractivity contribution is 5.99. The molecule has 0 spiro atoms. The number of ether oxygens (including phenoxy) is 2. The zero-order valence-corrected chi connectivity index (χ0v) is 14.1. The van der Waals surface area contributed by atoms with E-state index in [1.54, 1.807) is 37.4 Å². The molecule has 0 fully saturated rings. The fraction of sp³-hybridized carbons (Fsp3) is 0.300.